The van der Waals surface area contributed by atoms with E-state index < -0.39 is 17.2 Å². The number of likely N-dealkylation sites (tertiary alicyclic amines) is 1. The summed E-state index contributed by atoms with van der Waals surface area (Å²) >= 11 is 0. The first-order chi connectivity index (χ1) is 16.6. The molecule has 0 unspecified atom stereocenters. The summed E-state index contributed by atoms with van der Waals surface area (Å²) in [5, 5.41) is 23.5. The summed E-state index contributed by atoms with van der Waals surface area (Å²) < 4.78 is 30.9. The molecular formula is C26H27F2N5O2. The molecule has 1 atom stereocenters. The number of nitrogens with zero attached hydrogens (tertiary/aromatic N) is 4. The fourth-order valence-electron chi connectivity index (χ4n) is 4.33. The lowest BCUT2D eigenvalue weighted by molar-refractivity contribution is 0.0702. The number of amides is 1. The highest BCUT2D eigenvalue weighted by Crippen LogP contribution is 2.29. The van der Waals surface area contributed by atoms with Crippen molar-refractivity contribution in [3.8, 4) is 23.0 Å². The summed E-state index contributed by atoms with van der Waals surface area (Å²) in [6.07, 6.45) is 1.85. The van der Waals surface area contributed by atoms with Crippen molar-refractivity contribution < 1.29 is 18.7 Å². The van der Waals surface area contributed by atoms with Gasteiger partial charge in [-0.15, -0.1) is 0 Å². The maximum absolute atomic E-state index is 15.2. The van der Waals surface area contributed by atoms with Gasteiger partial charge in [0.25, 0.3) is 5.91 Å². The van der Waals surface area contributed by atoms with Gasteiger partial charge in [0.1, 0.15) is 23.4 Å². The Morgan fingerprint density at radius 3 is 2.63 bits per heavy atom. The van der Waals surface area contributed by atoms with Gasteiger partial charge in [-0.05, 0) is 62.6 Å². The molecule has 0 bridgehead atoms. The van der Waals surface area contributed by atoms with Gasteiger partial charge in [-0.25, -0.2) is 13.5 Å². The zero-order valence-corrected chi connectivity index (χ0v) is 19.6. The number of rotatable bonds is 5. The summed E-state index contributed by atoms with van der Waals surface area (Å²) in [7, 11) is 0. The zero-order chi connectivity index (χ0) is 25.3. The minimum absolute atomic E-state index is 0.0682. The largest absolute Gasteiger partial charge is 0.390 e. The second-order valence-corrected chi connectivity index (χ2v) is 9.56. The molecule has 3 aromatic rings. The maximum Gasteiger partial charge on any atom is 0.274 e. The molecule has 1 aliphatic rings. The summed E-state index contributed by atoms with van der Waals surface area (Å²) in [6, 6.07) is 11.7. The van der Waals surface area contributed by atoms with Gasteiger partial charge in [-0.3, -0.25) is 4.79 Å². The van der Waals surface area contributed by atoms with Crippen molar-refractivity contribution >= 4 is 5.91 Å². The van der Waals surface area contributed by atoms with Crippen LogP contribution in [0.15, 0.2) is 42.5 Å². The third kappa shape index (κ3) is 5.39. The third-order valence-electron chi connectivity index (χ3n) is 5.94. The minimum Gasteiger partial charge on any atom is -0.390 e. The first-order valence-corrected chi connectivity index (χ1v) is 11.4. The average molecular weight is 480 g/mol. The second kappa shape index (κ2) is 9.56. The molecule has 0 saturated carbocycles. The molecule has 182 valence electrons. The van der Waals surface area contributed by atoms with Crippen LogP contribution in [0.1, 0.15) is 48.3 Å². The molecule has 2 heterocycles. The Bertz CT molecular complexity index is 1310. The van der Waals surface area contributed by atoms with Crippen LogP contribution in [0, 0.1) is 23.0 Å². The highest BCUT2D eigenvalue weighted by Gasteiger charge is 2.26. The number of benzene rings is 2. The fourth-order valence-corrected chi connectivity index (χ4v) is 4.33. The number of aromatic nitrogens is 2. The van der Waals surface area contributed by atoms with Crippen LogP contribution in [0.5, 0.6) is 0 Å². The van der Waals surface area contributed by atoms with E-state index in [9.17, 15) is 14.3 Å². The highest BCUT2D eigenvalue weighted by atomic mass is 19.1. The lowest BCUT2D eigenvalue weighted by Crippen LogP contribution is -2.45. The van der Waals surface area contributed by atoms with Gasteiger partial charge in [0, 0.05) is 31.1 Å². The van der Waals surface area contributed by atoms with Gasteiger partial charge in [-0.2, -0.15) is 10.4 Å². The molecule has 1 saturated heterocycles. The molecule has 2 aromatic carbocycles. The van der Waals surface area contributed by atoms with E-state index in [0.29, 0.717) is 29.9 Å². The molecule has 7 nitrogen and oxygen atoms in total. The van der Waals surface area contributed by atoms with Crippen LogP contribution in [0.4, 0.5) is 8.78 Å². The second-order valence-electron chi connectivity index (χ2n) is 9.56. The number of nitrogens with two attached hydrogens (primary N) is 1. The number of carbonyl (C=O) groups excluding carboxylic acids is 1. The Morgan fingerprint density at radius 2 is 2.00 bits per heavy atom. The molecule has 3 N–H and O–H groups in total. The van der Waals surface area contributed by atoms with E-state index in [2.05, 4.69) is 5.10 Å². The Morgan fingerprint density at radius 1 is 1.23 bits per heavy atom. The van der Waals surface area contributed by atoms with Crippen molar-refractivity contribution in [1.29, 1.82) is 5.26 Å². The van der Waals surface area contributed by atoms with Crippen molar-refractivity contribution in [2.45, 2.75) is 44.8 Å². The molecule has 35 heavy (non-hydrogen) atoms. The van der Waals surface area contributed by atoms with Crippen LogP contribution in [0.25, 0.3) is 16.9 Å². The Kier molecular flexibility index (Phi) is 6.70. The predicted molar refractivity (Wildman–Crippen MR) is 127 cm³/mol. The molecule has 9 heteroatoms. The number of halogens is 2. The van der Waals surface area contributed by atoms with Crippen LogP contribution < -0.4 is 5.73 Å². The molecule has 1 amide bonds. The predicted octanol–water partition coefficient (Wildman–Crippen LogP) is 3.57. The molecule has 0 radical (unpaired) electrons. The van der Waals surface area contributed by atoms with Gasteiger partial charge < -0.3 is 15.7 Å². The maximum atomic E-state index is 15.2. The van der Waals surface area contributed by atoms with Crippen LogP contribution in [-0.2, 0) is 6.42 Å². The number of hydrogen-bond donors (Lipinski definition) is 2. The number of aliphatic hydroxyl groups is 1. The molecule has 1 fully saturated rings. The molecule has 0 aliphatic carbocycles. The van der Waals surface area contributed by atoms with E-state index >= 15 is 4.39 Å². The Hall–Kier alpha value is -3.61. The molecule has 1 aromatic heterocycles. The SMILES string of the molecule is CC(C)(O)Cc1ccc(-n2nc(C(=O)N3CCC[C@@H](N)C3)cc2-c2ccc(C#N)c(F)c2)c(F)c1. The summed E-state index contributed by atoms with van der Waals surface area (Å²) in [5.74, 6) is -1.67. The third-order valence-corrected chi connectivity index (χ3v) is 5.94. The zero-order valence-electron chi connectivity index (χ0n) is 19.6. The Labute approximate surface area is 202 Å². The van der Waals surface area contributed by atoms with Crippen LogP contribution in [-0.4, -0.2) is 50.4 Å². The molecule has 1 aliphatic heterocycles. The van der Waals surface area contributed by atoms with Crippen molar-refractivity contribution in [2.24, 2.45) is 5.73 Å². The molecule has 4 rings (SSSR count). The van der Waals surface area contributed by atoms with Gasteiger partial charge in [-0.1, -0.05) is 12.1 Å². The van der Waals surface area contributed by atoms with Crippen molar-refractivity contribution in [1.82, 2.24) is 14.7 Å². The average Bonchev–Trinajstić information content (AvgIpc) is 3.22. The van der Waals surface area contributed by atoms with E-state index in [1.54, 1.807) is 30.9 Å². The highest BCUT2D eigenvalue weighted by molar-refractivity contribution is 5.93. The number of carbonyl (C=O) groups is 1. The van der Waals surface area contributed by atoms with Gasteiger partial charge in [0.2, 0.25) is 0 Å². The number of piperidine rings is 1. The topological polar surface area (TPSA) is 108 Å². The van der Waals surface area contributed by atoms with Crippen LogP contribution in [0.2, 0.25) is 0 Å². The number of hydrogen-bond acceptors (Lipinski definition) is 5. The van der Waals surface area contributed by atoms with Gasteiger partial charge in [0.05, 0.1) is 16.9 Å². The van der Waals surface area contributed by atoms with E-state index in [0.717, 1.165) is 18.9 Å². The van der Waals surface area contributed by atoms with Crippen LogP contribution in [0.3, 0.4) is 0 Å². The molecular weight excluding hydrogens is 452 g/mol. The summed E-state index contributed by atoms with van der Waals surface area (Å²) in [5.41, 5.74) is 6.26. The standard InChI is InChI=1S/C26H27F2N5O2/c1-26(2,35)13-16-5-8-23(21(28)10-16)33-24(17-6-7-18(14-29)20(27)11-17)12-22(31-33)25(34)32-9-3-4-19(30)15-32/h5-8,10-12,19,35H,3-4,9,13,15,30H2,1-2H3/t19-/m1/s1. The molecule has 0 spiro atoms. The van der Waals surface area contributed by atoms with E-state index in [1.807, 2.05) is 0 Å². The van der Waals surface area contributed by atoms with Crippen molar-refractivity contribution in [3.05, 3.63) is 70.9 Å². The van der Waals surface area contributed by atoms with E-state index in [-0.39, 0.29) is 35.3 Å². The lowest BCUT2D eigenvalue weighted by atomic mass is 9.98. The van der Waals surface area contributed by atoms with Gasteiger partial charge in [0.15, 0.2) is 5.69 Å². The summed E-state index contributed by atoms with van der Waals surface area (Å²) in [4.78, 5) is 14.8. The lowest BCUT2D eigenvalue weighted by Gasteiger charge is -2.30. The minimum atomic E-state index is -1.01. The Balaban J connectivity index is 1.80. The monoisotopic (exact) mass is 479 g/mol. The first kappa shape index (κ1) is 24.5. The smallest absolute Gasteiger partial charge is 0.274 e. The van der Waals surface area contributed by atoms with Crippen molar-refractivity contribution in [2.75, 3.05) is 13.1 Å². The van der Waals surface area contributed by atoms with Crippen LogP contribution >= 0.6 is 0 Å². The van der Waals surface area contributed by atoms with E-state index in [4.69, 9.17) is 11.0 Å². The first-order valence-electron chi connectivity index (χ1n) is 11.4. The summed E-state index contributed by atoms with van der Waals surface area (Å²) in [6.45, 7) is 4.20. The normalized spacial score (nSPS) is 16.3. The van der Waals surface area contributed by atoms with Gasteiger partial charge >= 0.3 is 0 Å². The van der Waals surface area contributed by atoms with Crippen molar-refractivity contribution in [3.63, 3.8) is 0 Å². The van der Waals surface area contributed by atoms with E-state index in [1.165, 1.54) is 35.0 Å². The number of nitriles is 1. The quantitative estimate of drug-likeness (QED) is 0.582. The fraction of sp³-hybridized carbons (Fsp3) is 0.346.